The van der Waals surface area contributed by atoms with Crippen molar-refractivity contribution in [1.29, 1.82) is 0 Å². The number of hydrogen-bond acceptors (Lipinski definition) is 2. The van der Waals surface area contributed by atoms with Crippen LogP contribution in [-0.4, -0.2) is 15.1 Å². The molecule has 7 aromatic rings. The van der Waals surface area contributed by atoms with Gasteiger partial charge in [0.15, 0.2) is 0 Å². The van der Waals surface area contributed by atoms with Crippen LogP contribution >= 0.6 is 9.90 Å². The second kappa shape index (κ2) is 19.8. The van der Waals surface area contributed by atoms with Gasteiger partial charge in [-0.25, -0.2) is 4.99 Å². The lowest BCUT2D eigenvalue weighted by molar-refractivity contribution is 0.850. The normalized spacial score (nSPS) is 14.3. The second-order valence-corrected chi connectivity index (χ2v) is 13.1. The number of allylic oxidation sites excluding steroid dienone is 8. The first kappa shape index (κ1) is 42.2. The molecule has 0 fully saturated rings. The molecule has 9 rings (SSSR count). The van der Waals surface area contributed by atoms with Gasteiger partial charge in [0.25, 0.3) is 0 Å². The molecule has 5 aromatic carbocycles. The monoisotopic (exact) mass is 768 g/mol. The maximum absolute atomic E-state index is 5.54. The Hall–Kier alpha value is -5.96. The minimum absolute atomic E-state index is 0. The van der Waals surface area contributed by atoms with Crippen molar-refractivity contribution in [3.63, 3.8) is 0 Å². The Morgan fingerprint density at radius 1 is 0.737 bits per heavy atom. The fourth-order valence-corrected chi connectivity index (χ4v) is 7.81. The van der Waals surface area contributed by atoms with E-state index in [2.05, 4.69) is 168 Å². The van der Waals surface area contributed by atoms with Crippen LogP contribution in [0.15, 0.2) is 164 Å². The largest absolute Gasteiger partial charge is 0.325 e. The van der Waals surface area contributed by atoms with E-state index in [0.717, 1.165) is 46.8 Å². The molecule has 1 aliphatic heterocycles. The molecule has 4 nitrogen and oxygen atoms in total. The van der Waals surface area contributed by atoms with Crippen molar-refractivity contribution in [2.24, 2.45) is 4.99 Å². The molecule has 0 amide bonds. The van der Waals surface area contributed by atoms with Crippen LogP contribution in [0.5, 0.6) is 0 Å². The SMILES string of the molecule is C=C/C=C\C.C=Cc1c(/C=C\C)n(C2=NC(c3ccc4c(c3)c3ccccc3n4C3=CC=CCC3)c3ccccc3N2)c2ccc3ccccc3c12.CC.CC.P. The number of aromatic nitrogens is 2. The standard InChI is InChI=1S/C43H34N4.C5H8.2C2H6.H3P/c1-3-14-37-31(4-2)41-32-18-9-8-15-28(32)23-26-40(41)47(37)43-44-36-21-12-10-20-34(36)42(45-43)29-24-25-39-35(27-29)33-19-11-13-22-38(33)46(39)30-16-6-5-7-17-30;1-3-5-4-2;2*1-2;/h3-6,8-16,18-27,42H,2,7,17H2,1H3,(H,44,45);3-5H,1H2,2H3;2*1-2H3;1H3/b14-3-;5-4-;;;. The Labute approximate surface area is 342 Å². The summed E-state index contributed by atoms with van der Waals surface area (Å²) in [6.45, 7) is 19.7. The molecule has 1 aliphatic carbocycles. The van der Waals surface area contributed by atoms with Crippen LogP contribution in [0.3, 0.4) is 0 Å². The molecular weight excluding hydrogens is 712 g/mol. The van der Waals surface area contributed by atoms with Crippen LogP contribution in [0.2, 0.25) is 0 Å². The van der Waals surface area contributed by atoms with E-state index in [1.807, 2.05) is 52.8 Å². The Kier molecular flexibility index (Phi) is 14.6. The Morgan fingerprint density at radius 3 is 2.14 bits per heavy atom. The van der Waals surface area contributed by atoms with Gasteiger partial charge in [-0.05, 0) is 85.5 Å². The van der Waals surface area contributed by atoms with E-state index in [1.165, 1.54) is 49.2 Å². The van der Waals surface area contributed by atoms with Gasteiger partial charge < -0.3 is 9.88 Å². The molecule has 0 radical (unpaired) electrons. The van der Waals surface area contributed by atoms with E-state index in [9.17, 15) is 0 Å². The van der Waals surface area contributed by atoms with Crippen molar-refractivity contribution in [1.82, 2.24) is 9.13 Å². The molecule has 2 aliphatic rings. The maximum atomic E-state index is 5.54. The minimum Gasteiger partial charge on any atom is -0.325 e. The molecule has 2 unspecified atom stereocenters. The van der Waals surface area contributed by atoms with Gasteiger partial charge in [0.05, 0.1) is 22.2 Å². The van der Waals surface area contributed by atoms with Crippen molar-refractivity contribution in [2.75, 3.05) is 5.32 Å². The zero-order valence-electron chi connectivity index (χ0n) is 34.5. The van der Waals surface area contributed by atoms with Crippen molar-refractivity contribution < 1.29 is 0 Å². The zero-order chi connectivity index (χ0) is 39.6. The molecule has 0 spiro atoms. The van der Waals surface area contributed by atoms with E-state index in [-0.39, 0.29) is 15.9 Å². The number of para-hydroxylation sites is 2. The molecule has 0 saturated heterocycles. The predicted octanol–water partition coefficient (Wildman–Crippen LogP) is 15.0. The predicted molar refractivity (Wildman–Crippen MR) is 260 cm³/mol. The number of nitrogens with one attached hydrogen (secondary N) is 1. The van der Waals surface area contributed by atoms with Crippen LogP contribution < -0.4 is 5.32 Å². The highest BCUT2D eigenvalue weighted by Crippen LogP contribution is 2.41. The number of aliphatic imine (C=N–C) groups is 1. The average Bonchev–Trinajstić information content (AvgIpc) is 3.77. The molecule has 2 aromatic heterocycles. The quantitative estimate of drug-likeness (QED) is 0.137. The lowest BCUT2D eigenvalue weighted by Gasteiger charge is -2.27. The van der Waals surface area contributed by atoms with Gasteiger partial charge in [0.2, 0.25) is 5.96 Å². The first-order valence-electron chi connectivity index (χ1n) is 20.0. The third-order valence-electron chi connectivity index (χ3n) is 10.0. The summed E-state index contributed by atoms with van der Waals surface area (Å²) >= 11 is 0. The Bertz CT molecular complexity index is 2680. The van der Waals surface area contributed by atoms with Gasteiger partial charge in [0.1, 0.15) is 6.04 Å². The first-order chi connectivity index (χ1) is 27.7. The summed E-state index contributed by atoms with van der Waals surface area (Å²) in [5.74, 6) is 0.803. The molecule has 2 atom stereocenters. The molecule has 0 bridgehead atoms. The maximum Gasteiger partial charge on any atom is 0.208 e. The fraction of sp³-hybridized carbons (Fsp3) is 0.173. The molecule has 0 saturated carbocycles. The Morgan fingerprint density at radius 2 is 1.44 bits per heavy atom. The molecule has 57 heavy (non-hydrogen) atoms. The number of rotatable bonds is 5. The molecule has 1 N–H and O–H groups in total. The summed E-state index contributed by atoms with van der Waals surface area (Å²) in [7, 11) is 0. The number of hydrogen-bond donors (Lipinski definition) is 1. The molecule has 290 valence electrons. The number of benzene rings is 5. The average molecular weight is 769 g/mol. The number of nitrogens with zero attached hydrogens (tertiary/aromatic N) is 3. The molecule has 3 heterocycles. The topological polar surface area (TPSA) is 34.2 Å². The minimum atomic E-state index is -0.186. The van der Waals surface area contributed by atoms with Crippen LogP contribution in [0.1, 0.15) is 82.8 Å². The van der Waals surface area contributed by atoms with Crippen molar-refractivity contribution in [3.05, 3.63) is 181 Å². The second-order valence-electron chi connectivity index (χ2n) is 13.1. The van der Waals surface area contributed by atoms with Gasteiger partial charge in [-0.1, -0.05) is 156 Å². The molecule has 5 heteroatoms. The van der Waals surface area contributed by atoms with Gasteiger partial charge in [-0.3, -0.25) is 4.57 Å². The fourth-order valence-electron chi connectivity index (χ4n) is 7.81. The third-order valence-corrected chi connectivity index (χ3v) is 10.0. The summed E-state index contributed by atoms with van der Waals surface area (Å²) in [6.07, 6.45) is 20.6. The third kappa shape index (κ3) is 8.01. The van der Waals surface area contributed by atoms with E-state index in [1.54, 1.807) is 6.08 Å². The van der Waals surface area contributed by atoms with Crippen molar-refractivity contribution in [2.45, 2.75) is 60.4 Å². The summed E-state index contributed by atoms with van der Waals surface area (Å²) in [5, 5.41) is 9.86. The van der Waals surface area contributed by atoms with Crippen molar-refractivity contribution >= 4 is 82.9 Å². The summed E-state index contributed by atoms with van der Waals surface area (Å²) in [5.41, 5.74) is 10.5. The van der Waals surface area contributed by atoms with E-state index in [0.29, 0.717) is 0 Å². The van der Waals surface area contributed by atoms with Crippen molar-refractivity contribution in [3.8, 4) is 0 Å². The summed E-state index contributed by atoms with van der Waals surface area (Å²) in [4.78, 5) is 5.54. The van der Waals surface area contributed by atoms with E-state index >= 15 is 0 Å². The smallest absolute Gasteiger partial charge is 0.208 e. The highest BCUT2D eigenvalue weighted by atomic mass is 31.0. The van der Waals surface area contributed by atoms with Gasteiger partial charge in [0, 0.05) is 38.7 Å². The number of fused-ring (bicyclic) bond motifs is 7. The number of anilines is 1. The van der Waals surface area contributed by atoms with Crippen LogP contribution in [0.4, 0.5) is 5.69 Å². The van der Waals surface area contributed by atoms with E-state index in [4.69, 9.17) is 4.99 Å². The lowest BCUT2D eigenvalue weighted by Crippen LogP contribution is -2.28. The van der Waals surface area contributed by atoms with E-state index < -0.39 is 0 Å². The zero-order valence-corrected chi connectivity index (χ0v) is 35.9. The highest BCUT2D eigenvalue weighted by molar-refractivity contribution is 6.92. The first-order valence-corrected chi connectivity index (χ1v) is 20.0. The Balaban J connectivity index is 0.000000571. The van der Waals surface area contributed by atoms with Gasteiger partial charge in [-0.15, -0.1) is 0 Å². The highest BCUT2D eigenvalue weighted by Gasteiger charge is 2.28. The van der Waals surface area contributed by atoms with Gasteiger partial charge >= 0.3 is 0 Å². The summed E-state index contributed by atoms with van der Waals surface area (Å²) in [6, 6.07) is 37.1. The van der Waals surface area contributed by atoms with Crippen LogP contribution in [0, 0.1) is 0 Å². The van der Waals surface area contributed by atoms with Gasteiger partial charge in [-0.2, -0.15) is 9.90 Å². The molecular formula is C52H57N4P. The van der Waals surface area contributed by atoms with Crippen LogP contribution in [0.25, 0.3) is 61.3 Å². The lowest BCUT2D eigenvalue weighted by atomic mass is 9.95. The summed E-state index contributed by atoms with van der Waals surface area (Å²) < 4.78 is 4.72. The van der Waals surface area contributed by atoms with Crippen LogP contribution in [-0.2, 0) is 0 Å².